The molecule has 0 aromatic heterocycles. The zero-order valence-corrected chi connectivity index (χ0v) is 14.4. The van der Waals surface area contributed by atoms with Crippen LogP contribution in [0, 0.1) is 0 Å². The van der Waals surface area contributed by atoms with Crippen LogP contribution >= 0.6 is 0 Å². The van der Waals surface area contributed by atoms with E-state index in [0.717, 1.165) is 0 Å². The van der Waals surface area contributed by atoms with E-state index in [1.54, 1.807) is 0 Å². The van der Waals surface area contributed by atoms with Gasteiger partial charge in [0.1, 0.15) is 0 Å². The summed E-state index contributed by atoms with van der Waals surface area (Å²) >= 11 is 0. The number of nitrogens with one attached hydrogen (secondary N) is 1. The summed E-state index contributed by atoms with van der Waals surface area (Å²) in [5.74, 6) is 0. The molecule has 2 nitrogen and oxygen atoms in total. The van der Waals surface area contributed by atoms with Gasteiger partial charge in [-0.3, -0.25) is 0 Å². The normalized spacial score (nSPS) is 16.6. The summed E-state index contributed by atoms with van der Waals surface area (Å²) in [6, 6.07) is 0.600. The van der Waals surface area contributed by atoms with Crippen molar-refractivity contribution in [3.8, 4) is 0 Å². The van der Waals surface area contributed by atoms with E-state index in [2.05, 4.69) is 52.1 Å². The Morgan fingerprint density at radius 1 is 0.947 bits per heavy atom. The molecule has 0 aliphatic carbocycles. The van der Waals surface area contributed by atoms with Crippen LogP contribution in [0.25, 0.3) is 0 Å². The van der Waals surface area contributed by atoms with Crippen molar-refractivity contribution in [2.24, 2.45) is 0 Å². The van der Waals surface area contributed by atoms with E-state index in [4.69, 9.17) is 0 Å². The lowest BCUT2D eigenvalue weighted by atomic mass is 9.84. The van der Waals surface area contributed by atoms with Crippen molar-refractivity contribution in [1.82, 2.24) is 10.2 Å². The van der Waals surface area contributed by atoms with Gasteiger partial charge in [-0.25, -0.2) is 0 Å². The van der Waals surface area contributed by atoms with Crippen LogP contribution in [0.5, 0.6) is 0 Å². The van der Waals surface area contributed by atoms with Crippen LogP contribution in [0.4, 0.5) is 0 Å². The standard InChI is InChI=1S/C17H38N2/c1-7-9-10-11-12-13-14-15-16(18-4)17(3,8-2)19(5)6/h16,18H,7-15H2,1-6H3. The molecule has 19 heavy (non-hydrogen) atoms. The molecule has 0 bridgehead atoms. The number of rotatable bonds is 12. The summed E-state index contributed by atoms with van der Waals surface area (Å²) in [6.45, 7) is 6.97. The molecule has 1 N–H and O–H groups in total. The first-order valence-corrected chi connectivity index (χ1v) is 8.37. The minimum absolute atomic E-state index is 0.275. The van der Waals surface area contributed by atoms with Crippen LogP contribution in [-0.4, -0.2) is 37.6 Å². The average Bonchev–Trinajstić information content (AvgIpc) is 2.41. The van der Waals surface area contributed by atoms with Gasteiger partial charge in [0.15, 0.2) is 0 Å². The van der Waals surface area contributed by atoms with Crippen LogP contribution in [0.15, 0.2) is 0 Å². The summed E-state index contributed by atoms with van der Waals surface area (Å²) in [4.78, 5) is 2.38. The highest BCUT2D eigenvalue weighted by molar-refractivity contribution is 4.93. The van der Waals surface area contributed by atoms with Crippen molar-refractivity contribution in [3.63, 3.8) is 0 Å². The molecule has 0 rings (SSSR count). The van der Waals surface area contributed by atoms with E-state index >= 15 is 0 Å². The van der Waals surface area contributed by atoms with Gasteiger partial charge in [0.2, 0.25) is 0 Å². The second kappa shape index (κ2) is 10.7. The highest BCUT2D eigenvalue weighted by Crippen LogP contribution is 2.24. The maximum absolute atomic E-state index is 3.54. The Balaban J connectivity index is 3.93. The molecule has 2 heteroatoms. The van der Waals surface area contributed by atoms with Gasteiger partial charge in [0.05, 0.1) is 0 Å². The lowest BCUT2D eigenvalue weighted by Gasteiger charge is -2.42. The quantitative estimate of drug-likeness (QED) is 0.527. The first-order chi connectivity index (χ1) is 9.02. The molecule has 0 heterocycles. The molecule has 0 saturated heterocycles. The van der Waals surface area contributed by atoms with Crippen LogP contribution in [0.1, 0.15) is 78.6 Å². The monoisotopic (exact) mass is 270 g/mol. The number of unbranched alkanes of at least 4 members (excludes halogenated alkanes) is 6. The van der Waals surface area contributed by atoms with E-state index in [0.29, 0.717) is 6.04 Å². The lowest BCUT2D eigenvalue weighted by Crippen LogP contribution is -2.55. The predicted octanol–water partition coefficient (Wildman–Crippen LogP) is 4.45. The Morgan fingerprint density at radius 3 is 1.89 bits per heavy atom. The molecular formula is C17H38N2. The van der Waals surface area contributed by atoms with E-state index in [1.807, 2.05) is 0 Å². The summed E-state index contributed by atoms with van der Waals surface area (Å²) in [6.07, 6.45) is 12.3. The van der Waals surface area contributed by atoms with Gasteiger partial charge >= 0.3 is 0 Å². The fraction of sp³-hybridized carbons (Fsp3) is 1.00. The SMILES string of the molecule is CCCCCCCCCC(NC)C(C)(CC)N(C)C. The molecule has 0 aromatic carbocycles. The first-order valence-electron chi connectivity index (χ1n) is 8.37. The summed E-state index contributed by atoms with van der Waals surface area (Å²) in [5, 5.41) is 3.54. The fourth-order valence-corrected chi connectivity index (χ4v) is 2.95. The predicted molar refractivity (Wildman–Crippen MR) is 87.8 cm³/mol. The highest BCUT2D eigenvalue weighted by Gasteiger charge is 2.32. The van der Waals surface area contributed by atoms with Crippen molar-refractivity contribution >= 4 is 0 Å². The van der Waals surface area contributed by atoms with Gasteiger partial charge in [-0.1, -0.05) is 58.8 Å². The Bertz CT molecular complexity index is 203. The summed E-state index contributed by atoms with van der Waals surface area (Å²) < 4.78 is 0. The van der Waals surface area contributed by atoms with Gasteiger partial charge in [0.25, 0.3) is 0 Å². The topological polar surface area (TPSA) is 15.3 Å². The van der Waals surface area contributed by atoms with Gasteiger partial charge in [0, 0.05) is 11.6 Å². The maximum Gasteiger partial charge on any atom is 0.0325 e. The second-order valence-electron chi connectivity index (χ2n) is 6.36. The molecule has 2 atom stereocenters. The molecule has 0 amide bonds. The zero-order chi connectivity index (χ0) is 14.7. The van der Waals surface area contributed by atoms with Gasteiger partial charge < -0.3 is 10.2 Å². The summed E-state index contributed by atoms with van der Waals surface area (Å²) in [7, 11) is 6.53. The minimum Gasteiger partial charge on any atom is -0.315 e. The average molecular weight is 271 g/mol. The van der Waals surface area contributed by atoms with Crippen LogP contribution in [0.3, 0.4) is 0 Å². The zero-order valence-electron chi connectivity index (χ0n) is 14.4. The number of nitrogens with zero attached hydrogens (tertiary/aromatic N) is 1. The van der Waals surface area contributed by atoms with Crippen molar-refractivity contribution in [3.05, 3.63) is 0 Å². The Labute approximate surface area is 122 Å². The van der Waals surface area contributed by atoms with Gasteiger partial charge in [-0.15, -0.1) is 0 Å². The van der Waals surface area contributed by atoms with E-state index in [-0.39, 0.29) is 5.54 Å². The van der Waals surface area contributed by atoms with E-state index in [9.17, 15) is 0 Å². The van der Waals surface area contributed by atoms with Crippen LogP contribution in [-0.2, 0) is 0 Å². The molecule has 0 aliphatic heterocycles. The molecule has 0 fully saturated rings. The van der Waals surface area contributed by atoms with Crippen molar-refractivity contribution in [2.45, 2.75) is 90.1 Å². The molecule has 116 valence electrons. The Hall–Kier alpha value is -0.0800. The number of likely N-dealkylation sites (N-methyl/N-ethyl adjacent to an activating group) is 2. The summed E-state index contributed by atoms with van der Waals surface area (Å²) in [5.41, 5.74) is 0.275. The Morgan fingerprint density at radius 2 is 1.47 bits per heavy atom. The highest BCUT2D eigenvalue weighted by atomic mass is 15.2. The maximum atomic E-state index is 3.54. The van der Waals surface area contributed by atoms with Gasteiger partial charge in [-0.05, 0) is 40.9 Å². The van der Waals surface area contributed by atoms with E-state index in [1.165, 1.54) is 57.8 Å². The lowest BCUT2D eigenvalue weighted by molar-refractivity contribution is 0.110. The van der Waals surface area contributed by atoms with Crippen molar-refractivity contribution < 1.29 is 0 Å². The Kier molecular flexibility index (Phi) is 10.6. The number of hydrogen-bond donors (Lipinski definition) is 1. The molecule has 0 aliphatic rings. The molecule has 0 spiro atoms. The molecule has 0 aromatic rings. The minimum atomic E-state index is 0.275. The molecular weight excluding hydrogens is 232 g/mol. The third-order valence-corrected chi connectivity index (χ3v) is 4.93. The third kappa shape index (κ3) is 6.76. The first kappa shape index (κ1) is 18.9. The van der Waals surface area contributed by atoms with Crippen LogP contribution in [0.2, 0.25) is 0 Å². The second-order valence-corrected chi connectivity index (χ2v) is 6.36. The van der Waals surface area contributed by atoms with Crippen molar-refractivity contribution in [1.29, 1.82) is 0 Å². The third-order valence-electron chi connectivity index (χ3n) is 4.93. The van der Waals surface area contributed by atoms with Gasteiger partial charge in [-0.2, -0.15) is 0 Å². The molecule has 2 unspecified atom stereocenters. The molecule has 0 saturated carbocycles. The van der Waals surface area contributed by atoms with Crippen LogP contribution < -0.4 is 5.32 Å². The van der Waals surface area contributed by atoms with Crippen molar-refractivity contribution in [2.75, 3.05) is 21.1 Å². The largest absolute Gasteiger partial charge is 0.315 e. The van der Waals surface area contributed by atoms with E-state index < -0.39 is 0 Å². The fourth-order valence-electron chi connectivity index (χ4n) is 2.95. The number of hydrogen-bond acceptors (Lipinski definition) is 2. The smallest absolute Gasteiger partial charge is 0.0325 e. The molecule has 0 radical (unpaired) electrons.